The fraction of sp³-hybridized carbons (Fsp3) is 0.0833. The van der Waals surface area contributed by atoms with E-state index in [9.17, 15) is 4.79 Å². The average molecular weight is 259 g/mol. The second-order valence-corrected chi connectivity index (χ2v) is 4.75. The number of hydrogen-bond donors (Lipinski definition) is 1. The van der Waals surface area contributed by atoms with Gasteiger partial charge < -0.3 is 4.42 Å². The zero-order chi connectivity index (χ0) is 12.5. The molecule has 0 saturated carbocycles. The highest BCUT2D eigenvalue weighted by molar-refractivity contribution is 7.22. The molecule has 6 heteroatoms. The first-order valence-corrected chi connectivity index (χ1v) is 6.13. The summed E-state index contributed by atoms with van der Waals surface area (Å²) in [6.07, 6.45) is 1.51. The first-order valence-electron chi connectivity index (χ1n) is 5.32. The van der Waals surface area contributed by atoms with Crippen LogP contribution < -0.4 is 5.32 Å². The molecule has 1 N–H and O–H groups in total. The van der Waals surface area contributed by atoms with Crippen LogP contribution in [0, 0.1) is 6.92 Å². The minimum Gasteiger partial charge on any atom is -0.438 e. The minimum absolute atomic E-state index is 0.0479. The lowest BCUT2D eigenvalue weighted by molar-refractivity contribution is 0.0989. The number of oxazole rings is 1. The van der Waals surface area contributed by atoms with Gasteiger partial charge in [-0.2, -0.15) is 0 Å². The molecule has 0 aliphatic carbocycles. The molecular formula is C12H9N3O2S. The fourth-order valence-corrected chi connectivity index (χ4v) is 2.40. The van der Waals surface area contributed by atoms with Crippen LogP contribution in [0.15, 0.2) is 34.9 Å². The number of thiazole rings is 1. The van der Waals surface area contributed by atoms with Crippen molar-refractivity contribution in [3.05, 3.63) is 42.1 Å². The van der Waals surface area contributed by atoms with E-state index in [1.165, 1.54) is 17.5 Å². The summed E-state index contributed by atoms with van der Waals surface area (Å²) in [6.45, 7) is 1.74. The van der Waals surface area contributed by atoms with Gasteiger partial charge in [-0.25, -0.2) is 9.97 Å². The van der Waals surface area contributed by atoms with E-state index in [0.717, 1.165) is 10.2 Å². The molecule has 1 aromatic carbocycles. The standard InChI is InChI=1S/C12H9N3O2S/c1-7-6-13-11(17-7)10(16)15-12-14-8-4-2-3-5-9(8)18-12/h2-6H,1H3,(H,14,15,16). The quantitative estimate of drug-likeness (QED) is 0.768. The van der Waals surface area contributed by atoms with Crippen molar-refractivity contribution in [3.63, 3.8) is 0 Å². The van der Waals surface area contributed by atoms with Crippen LogP contribution in [0.2, 0.25) is 0 Å². The van der Waals surface area contributed by atoms with E-state index in [-0.39, 0.29) is 11.8 Å². The van der Waals surface area contributed by atoms with Gasteiger partial charge in [0, 0.05) is 0 Å². The monoisotopic (exact) mass is 259 g/mol. The second-order valence-electron chi connectivity index (χ2n) is 3.72. The molecule has 3 aromatic rings. The van der Waals surface area contributed by atoms with Crippen LogP contribution in [0.1, 0.15) is 16.4 Å². The molecule has 0 bridgehead atoms. The molecule has 1 amide bonds. The number of anilines is 1. The van der Waals surface area contributed by atoms with Crippen molar-refractivity contribution in [2.24, 2.45) is 0 Å². The summed E-state index contributed by atoms with van der Waals surface area (Å²) in [5.74, 6) is 0.262. The van der Waals surface area contributed by atoms with Crippen molar-refractivity contribution in [2.45, 2.75) is 6.92 Å². The van der Waals surface area contributed by atoms with Gasteiger partial charge in [-0.3, -0.25) is 10.1 Å². The van der Waals surface area contributed by atoms with Gasteiger partial charge in [0.25, 0.3) is 5.89 Å². The van der Waals surface area contributed by atoms with Crippen molar-refractivity contribution in [3.8, 4) is 0 Å². The Morgan fingerprint density at radius 2 is 2.22 bits per heavy atom. The third kappa shape index (κ3) is 1.98. The van der Waals surface area contributed by atoms with Crippen LogP contribution in [-0.2, 0) is 0 Å². The number of nitrogens with one attached hydrogen (secondary N) is 1. The topological polar surface area (TPSA) is 68.0 Å². The lowest BCUT2D eigenvalue weighted by Gasteiger charge is -1.95. The summed E-state index contributed by atoms with van der Waals surface area (Å²) in [4.78, 5) is 20.0. The van der Waals surface area contributed by atoms with E-state index in [1.807, 2.05) is 24.3 Å². The number of carbonyl (C=O) groups excluding carboxylic acids is 1. The first-order chi connectivity index (χ1) is 8.72. The fourth-order valence-electron chi connectivity index (χ4n) is 1.54. The molecule has 18 heavy (non-hydrogen) atoms. The number of benzene rings is 1. The van der Waals surface area contributed by atoms with Crippen LogP contribution in [-0.4, -0.2) is 15.9 Å². The summed E-state index contributed by atoms with van der Waals surface area (Å²) >= 11 is 1.41. The van der Waals surface area contributed by atoms with Crippen LogP contribution in [0.3, 0.4) is 0 Å². The number of aromatic nitrogens is 2. The predicted octanol–water partition coefficient (Wildman–Crippen LogP) is 2.85. The van der Waals surface area contributed by atoms with E-state index >= 15 is 0 Å². The smallest absolute Gasteiger partial charge is 0.313 e. The van der Waals surface area contributed by atoms with Crippen LogP contribution in [0.25, 0.3) is 10.2 Å². The molecule has 5 nitrogen and oxygen atoms in total. The zero-order valence-corrected chi connectivity index (χ0v) is 10.3. The number of nitrogens with zero attached hydrogens (tertiary/aromatic N) is 2. The average Bonchev–Trinajstić information content (AvgIpc) is 2.94. The summed E-state index contributed by atoms with van der Waals surface area (Å²) in [5.41, 5.74) is 0.862. The summed E-state index contributed by atoms with van der Waals surface area (Å²) in [5, 5.41) is 3.21. The lowest BCUT2D eigenvalue weighted by atomic mass is 10.3. The zero-order valence-electron chi connectivity index (χ0n) is 9.51. The second kappa shape index (κ2) is 4.23. The number of hydrogen-bond acceptors (Lipinski definition) is 5. The number of carbonyl (C=O) groups is 1. The molecule has 0 unspecified atom stereocenters. The molecule has 0 fully saturated rings. The summed E-state index contributed by atoms with van der Waals surface area (Å²) < 4.78 is 6.17. The van der Waals surface area contributed by atoms with Gasteiger partial charge in [-0.05, 0) is 19.1 Å². The Hall–Kier alpha value is -2.21. The van der Waals surface area contributed by atoms with Crippen LogP contribution in [0.5, 0.6) is 0 Å². The molecule has 0 radical (unpaired) electrons. The van der Waals surface area contributed by atoms with Crippen molar-refractivity contribution in [1.29, 1.82) is 0 Å². The molecule has 0 saturated heterocycles. The molecule has 0 aliphatic rings. The van der Waals surface area contributed by atoms with E-state index in [1.54, 1.807) is 6.92 Å². The number of fused-ring (bicyclic) bond motifs is 1. The van der Waals surface area contributed by atoms with Gasteiger partial charge in [0.2, 0.25) is 0 Å². The van der Waals surface area contributed by atoms with E-state index in [4.69, 9.17) is 4.42 Å². The number of para-hydroxylation sites is 1. The van der Waals surface area contributed by atoms with Gasteiger partial charge in [0.05, 0.1) is 16.4 Å². The third-order valence-corrected chi connectivity index (χ3v) is 3.28. The van der Waals surface area contributed by atoms with Gasteiger partial charge in [-0.15, -0.1) is 0 Å². The van der Waals surface area contributed by atoms with E-state index < -0.39 is 0 Å². The summed E-state index contributed by atoms with van der Waals surface area (Å²) in [7, 11) is 0. The van der Waals surface area contributed by atoms with Gasteiger partial charge >= 0.3 is 5.91 Å². The number of amides is 1. The Morgan fingerprint density at radius 1 is 1.39 bits per heavy atom. The maximum atomic E-state index is 11.8. The summed E-state index contributed by atoms with van der Waals surface area (Å²) in [6, 6.07) is 7.70. The Balaban J connectivity index is 1.86. The van der Waals surface area contributed by atoms with E-state index in [2.05, 4.69) is 15.3 Å². The molecule has 0 atom stereocenters. The SMILES string of the molecule is Cc1cnc(C(=O)Nc2nc3ccccc3s2)o1. The maximum Gasteiger partial charge on any atom is 0.313 e. The largest absolute Gasteiger partial charge is 0.438 e. The molecule has 0 aliphatic heterocycles. The highest BCUT2D eigenvalue weighted by atomic mass is 32.1. The van der Waals surface area contributed by atoms with Crippen LogP contribution >= 0.6 is 11.3 Å². The highest BCUT2D eigenvalue weighted by Gasteiger charge is 2.14. The van der Waals surface area contributed by atoms with E-state index in [0.29, 0.717) is 10.9 Å². The molecule has 3 rings (SSSR count). The minimum atomic E-state index is -0.387. The van der Waals surface area contributed by atoms with Crippen LogP contribution in [0.4, 0.5) is 5.13 Å². The number of aryl methyl sites for hydroxylation is 1. The van der Waals surface area contributed by atoms with Crippen molar-refractivity contribution < 1.29 is 9.21 Å². The third-order valence-electron chi connectivity index (χ3n) is 2.33. The van der Waals surface area contributed by atoms with Crippen molar-refractivity contribution in [2.75, 3.05) is 5.32 Å². The van der Waals surface area contributed by atoms with Gasteiger partial charge in [0.15, 0.2) is 5.13 Å². The highest BCUT2D eigenvalue weighted by Crippen LogP contribution is 2.25. The maximum absolute atomic E-state index is 11.8. The molecule has 90 valence electrons. The Morgan fingerprint density at radius 3 is 2.94 bits per heavy atom. The molecule has 2 aromatic heterocycles. The van der Waals surface area contributed by atoms with Crippen molar-refractivity contribution in [1.82, 2.24) is 9.97 Å². The Kier molecular flexibility index (Phi) is 2.56. The Bertz CT molecular complexity index is 684. The molecular weight excluding hydrogens is 250 g/mol. The predicted molar refractivity (Wildman–Crippen MR) is 68.8 cm³/mol. The molecule has 0 spiro atoms. The van der Waals surface area contributed by atoms with Gasteiger partial charge in [-0.1, -0.05) is 23.5 Å². The normalized spacial score (nSPS) is 10.7. The van der Waals surface area contributed by atoms with Gasteiger partial charge in [0.1, 0.15) is 5.76 Å². The first kappa shape index (κ1) is 10.9. The Labute approximate surface area is 106 Å². The molecule has 2 heterocycles. The number of rotatable bonds is 2. The van der Waals surface area contributed by atoms with Crippen molar-refractivity contribution >= 4 is 32.6 Å². The lowest BCUT2D eigenvalue weighted by Crippen LogP contribution is -2.11.